The van der Waals surface area contributed by atoms with Crippen LogP contribution in [0.5, 0.6) is 0 Å². The molecule has 150 valence electrons. The van der Waals surface area contributed by atoms with Crippen molar-refractivity contribution >= 4 is 29.3 Å². The van der Waals surface area contributed by atoms with E-state index in [0.29, 0.717) is 23.2 Å². The van der Waals surface area contributed by atoms with Crippen molar-refractivity contribution in [2.24, 2.45) is 0 Å². The number of nitrogens with zero attached hydrogens (tertiary/aromatic N) is 2. The predicted molar refractivity (Wildman–Crippen MR) is 118 cm³/mol. The highest BCUT2D eigenvalue weighted by atomic mass is 35.5. The monoisotopic (exact) mass is 417 g/mol. The Kier molecular flexibility index (Phi) is 7.80. The van der Waals surface area contributed by atoms with Crippen LogP contribution in [0.4, 0.5) is 0 Å². The molecule has 2 aromatic carbocycles. The summed E-state index contributed by atoms with van der Waals surface area (Å²) < 4.78 is 0. The smallest absolute Gasteiger partial charge is 0.252 e. The number of likely N-dealkylation sites (N-methyl/N-ethyl adjacent to an activating group) is 1. The molecule has 0 aromatic heterocycles. The van der Waals surface area contributed by atoms with E-state index in [0.717, 1.165) is 37.5 Å². The molecular weight excluding hydrogens is 390 g/mol. The van der Waals surface area contributed by atoms with Crippen LogP contribution in [0.1, 0.15) is 28.4 Å². The molecule has 1 aliphatic heterocycles. The van der Waals surface area contributed by atoms with E-state index >= 15 is 0 Å². The third-order valence-corrected chi connectivity index (χ3v) is 6.26. The molecule has 1 amide bonds. The Morgan fingerprint density at radius 3 is 2.75 bits per heavy atom. The van der Waals surface area contributed by atoms with Crippen molar-refractivity contribution in [1.29, 1.82) is 0 Å². The molecule has 0 bridgehead atoms. The first-order valence-electron chi connectivity index (χ1n) is 9.67. The molecule has 6 heteroatoms. The van der Waals surface area contributed by atoms with Crippen LogP contribution < -0.4 is 5.32 Å². The minimum absolute atomic E-state index is 0.0983. The quantitative estimate of drug-likeness (QED) is 0.541. The Bertz CT molecular complexity index is 787. The first-order valence-corrected chi connectivity index (χ1v) is 11.3. The number of amides is 1. The summed E-state index contributed by atoms with van der Waals surface area (Å²) in [5, 5.41) is 3.52. The lowest BCUT2D eigenvalue weighted by atomic mass is 10.0. The maximum absolute atomic E-state index is 12.5. The van der Waals surface area contributed by atoms with Gasteiger partial charge < -0.3 is 10.2 Å². The van der Waals surface area contributed by atoms with Crippen molar-refractivity contribution in [2.75, 3.05) is 46.0 Å². The SMILES string of the molecule is CSc1ccc(Cl)c(C(=O)NCCCN2CCN(C)C[C@@H]2c2ccccc2)c1. The molecule has 0 aliphatic carbocycles. The minimum atomic E-state index is -0.0983. The summed E-state index contributed by atoms with van der Waals surface area (Å²) in [7, 11) is 2.18. The Morgan fingerprint density at radius 1 is 1.21 bits per heavy atom. The van der Waals surface area contributed by atoms with Crippen LogP contribution in [-0.2, 0) is 0 Å². The molecular formula is C22H28ClN3OS. The number of hydrogen-bond donors (Lipinski definition) is 1. The Hall–Kier alpha value is -1.53. The lowest BCUT2D eigenvalue weighted by Gasteiger charge is -2.40. The average molecular weight is 418 g/mol. The Morgan fingerprint density at radius 2 is 2.00 bits per heavy atom. The Labute approximate surface area is 177 Å². The van der Waals surface area contributed by atoms with Crippen LogP contribution >= 0.6 is 23.4 Å². The van der Waals surface area contributed by atoms with Crippen LogP contribution in [0.25, 0.3) is 0 Å². The summed E-state index contributed by atoms with van der Waals surface area (Å²) in [6.07, 6.45) is 2.91. The van der Waals surface area contributed by atoms with Crippen molar-refractivity contribution in [3.8, 4) is 0 Å². The van der Waals surface area contributed by atoms with Crippen LogP contribution in [0.2, 0.25) is 5.02 Å². The van der Waals surface area contributed by atoms with Crippen LogP contribution in [0.3, 0.4) is 0 Å². The molecule has 1 heterocycles. The number of piperazine rings is 1. The van der Waals surface area contributed by atoms with Gasteiger partial charge in [0, 0.05) is 43.7 Å². The fraction of sp³-hybridized carbons (Fsp3) is 0.409. The summed E-state index contributed by atoms with van der Waals surface area (Å²) in [5.74, 6) is -0.0983. The van der Waals surface area contributed by atoms with Crippen molar-refractivity contribution in [3.63, 3.8) is 0 Å². The van der Waals surface area contributed by atoms with Crippen LogP contribution in [0.15, 0.2) is 53.4 Å². The summed E-state index contributed by atoms with van der Waals surface area (Å²) in [4.78, 5) is 18.4. The third kappa shape index (κ3) is 5.51. The van der Waals surface area contributed by atoms with Gasteiger partial charge in [-0.25, -0.2) is 0 Å². The normalized spacial score (nSPS) is 18.2. The molecule has 1 N–H and O–H groups in total. The molecule has 0 saturated carbocycles. The highest BCUT2D eigenvalue weighted by molar-refractivity contribution is 7.98. The van der Waals surface area contributed by atoms with Gasteiger partial charge >= 0.3 is 0 Å². The lowest BCUT2D eigenvalue weighted by Crippen LogP contribution is -2.47. The zero-order valence-corrected chi connectivity index (χ0v) is 18.1. The van der Waals surface area contributed by atoms with E-state index in [4.69, 9.17) is 11.6 Å². The van der Waals surface area contributed by atoms with Gasteiger partial charge in [-0.15, -0.1) is 11.8 Å². The zero-order chi connectivity index (χ0) is 19.9. The van der Waals surface area contributed by atoms with E-state index in [-0.39, 0.29) is 5.91 Å². The van der Waals surface area contributed by atoms with Gasteiger partial charge in [0.05, 0.1) is 10.6 Å². The van der Waals surface area contributed by atoms with Gasteiger partial charge in [0.1, 0.15) is 0 Å². The number of carbonyl (C=O) groups is 1. The molecule has 3 rings (SSSR count). The summed E-state index contributed by atoms with van der Waals surface area (Å²) in [6, 6.07) is 16.7. The molecule has 1 fully saturated rings. The van der Waals surface area contributed by atoms with Crippen LogP contribution in [0, 0.1) is 0 Å². The predicted octanol–water partition coefficient (Wildman–Crippen LogP) is 4.17. The molecule has 4 nitrogen and oxygen atoms in total. The van der Waals surface area contributed by atoms with Crippen LogP contribution in [-0.4, -0.2) is 61.7 Å². The van der Waals surface area contributed by atoms with E-state index in [1.165, 1.54) is 5.56 Å². The molecule has 28 heavy (non-hydrogen) atoms. The van der Waals surface area contributed by atoms with Gasteiger partial charge in [0.2, 0.25) is 0 Å². The molecule has 0 unspecified atom stereocenters. The largest absolute Gasteiger partial charge is 0.352 e. The van der Waals surface area contributed by atoms with Crippen molar-refractivity contribution < 1.29 is 4.79 Å². The standard InChI is InChI=1S/C22H28ClN3OS/c1-25-13-14-26(21(16-25)17-7-4-3-5-8-17)12-6-11-24-22(27)19-15-18(28-2)9-10-20(19)23/h3-5,7-10,15,21H,6,11-14,16H2,1-2H3,(H,24,27)/t21-/m1/s1. The van der Waals surface area contributed by atoms with Crippen molar-refractivity contribution in [2.45, 2.75) is 17.4 Å². The molecule has 1 aliphatic rings. The topological polar surface area (TPSA) is 35.6 Å². The number of hydrogen-bond acceptors (Lipinski definition) is 4. The number of rotatable bonds is 7. The minimum Gasteiger partial charge on any atom is -0.352 e. The average Bonchev–Trinajstić information content (AvgIpc) is 2.73. The highest BCUT2D eigenvalue weighted by Gasteiger charge is 2.26. The lowest BCUT2D eigenvalue weighted by molar-refractivity contribution is 0.0866. The number of nitrogens with one attached hydrogen (secondary N) is 1. The number of benzene rings is 2. The maximum atomic E-state index is 12.5. The van der Waals surface area contributed by atoms with Gasteiger partial charge in [0.15, 0.2) is 0 Å². The molecule has 2 aromatic rings. The van der Waals surface area contributed by atoms with Gasteiger partial charge in [-0.3, -0.25) is 9.69 Å². The maximum Gasteiger partial charge on any atom is 0.252 e. The summed E-state index contributed by atoms with van der Waals surface area (Å²) in [6.45, 7) is 4.77. The second-order valence-electron chi connectivity index (χ2n) is 7.18. The summed E-state index contributed by atoms with van der Waals surface area (Å²) in [5.41, 5.74) is 1.91. The molecule has 1 saturated heterocycles. The second kappa shape index (κ2) is 10.3. The van der Waals surface area contributed by atoms with E-state index in [1.807, 2.05) is 18.4 Å². The van der Waals surface area contributed by atoms with Gasteiger partial charge in [-0.2, -0.15) is 0 Å². The third-order valence-electron chi connectivity index (χ3n) is 5.20. The van der Waals surface area contributed by atoms with E-state index < -0.39 is 0 Å². The first kappa shape index (κ1) is 21.2. The molecule has 0 radical (unpaired) electrons. The summed E-state index contributed by atoms with van der Waals surface area (Å²) >= 11 is 7.81. The van der Waals surface area contributed by atoms with E-state index in [1.54, 1.807) is 17.8 Å². The molecule has 1 atom stereocenters. The fourth-order valence-corrected chi connectivity index (χ4v) is 4.24. The number of carbonyl (C=O) groups excluding carboxylic acids is 1. The fourth-order valence-electron chi connectivity index (χ4n) is 3.60. The highest BCUT2D eigenvalue weighted by Crippen LogP contribution is 2.25. The Balaban J connectivity index is 1.53. The van der Waals surface area contributed by atoms with Crippen molar-refractivity contribution in [1.82, 2.24) is 15.1 Å². The van der Waals surface area contributed by atoms with Gasteiger partial charge in [-0.05, 0) is 43.5 Å². The number of halogens is 1. The zero-order valence-electron chi connectivity index (χ0n) is 16.5. The van der Waals surface area contributed by atoms with Crippen molar-refractivity contribution in [3.05, 3.63) is 64.7 Å². The first-order chi connectivity index (χ1) is 13.6. The second-order valence-corrected chi connectivity index (χ2v) is 8.47. The van der Waals surface area contributed by atoms with Gasteiger partial charge in [0.25, 0.3) is 5.91 Å². The number of thioether (sulfide) groups is 1. The molecule has 0 spiro atoms. The van der Waals surface area contributed by atoms with E-state index in [2.05, 4.69) is 52.5 Å². The van der Waals surface area contributed by atoms with Gasteiger partial charge in [-0.1, -0.05) is 41.9 Å². The van der Waals surface area contributed by atoms with E-state index in [9.17, 15) is 4.79 Å².